The van der Waals surface area contributed by atoms with Crippen molar-refractivity contribution in [1.29, 1.82) is 0 Å². The molecule has 2 rings (SSSR count). The van der Waals surface area contributed by atoms with Gasteiger partial charge >= 0.3 is 0 Å². The van der Waals surface area contributed by atoms with Crippen molar-refractivity contribution in [2.45, 2.75) is 33.6 Å². The minimum atomic E-state index is 0.198. The van der Waals surface area contributed by atoms with E-state index in [1.165, 1.54) is 12.8 Å². The van der Waals surface area contributed by atoms with Crippen molar-refractivity contribution < 1.29 is 9.84 Å². The normalized spacial score (nSPS) is 29.5. The quantitative estimate of drug-likeness (QED) is 0.709. The van der Waals surface area contributed by atoms with Crippen LogP contribution in [0, 0.1) is 16.2 Å². The summed E-state index contributed by atoms with van der Waals surface area (Å²) in [5, 5.41) is 9.46. The molecule has 1 saturated heterocycles. The number of ether oxygens (including phenoxy) is 1. The monoisotopic (exact) mass is 184 g/mol. The molecule has 0 atom stereocenters. The van der Waals surface area contributed by atoms with Gasteiger partial charge in [0.15, 0.2) is 0 Å². The Morgan fingerprint density at radius 1 is 1.23 bits per heavy atom. The highest BCUT2D eigenvalue weighted by Gasteiger charge is 2.66. The Kier molecular flexibility index (Phi) is 1.81. The first-order valence-electron chi connectivity index (χ1n) is 5.16. The number of aliphatic hydroxyl groups excluding tert-OH is 1. The van der Waals surface area contributed by atoms with Crippen LogP contribution >= 0.6 is 0 Å². The van der Waals surface area contributed by atoms with Crippen molar-refractivity contribution in [2.24, 2.45) is 16.2 Å². The Hall–Kier alpha value is -0.0800. The maximum absolute atomic E-state index is 9.46. The molecular formula is C11H20O2. The standard InChI is InChI=1S/C11H20O2/c1-9(2,3)11(7-13-8-11)10(6-12)4-5-10/h12H,4-8H2,1-3H3. The van der Waals surface area contributed by atoms with Crippen LogP contribution in [0.5, 0.6) is 0 Å². The minimum Gasteiger partial charge on any atom is -0.396 e. The van der Waals surface area contributed by atoms with Gasteiger partial charge in [-0.15, -0.1) is 0 Å². The smallest absolute Gasteiger partial charge is 0.0556 e. The first-order valence-corrected chi connectivity index (χ1v) is 5.16. The summed E-state index contributed by atoms with van der Waals surface area (Å²) in [6.07, 6.45) is 2.37. The summed E-state index contributed by atoms with van der Waals surface area (Å²) in [6, 6.07) is 0. The number of rotatable bonds is 2. The Balaban J connectivity index is 2.26. The van der Waals surface area contributed by atoms with Gasteiger partial charge in [-0.1, -0.05) is 20.8 Å². The number of hydrogen-bond donors (Lipinski definition) is 1. The zero-order valence-electron chi connectivity index (χ0n) is 8.89. The SMILES string of the molecule is CC(C)(C)C1(C2(CO)CC2)COC1. The van der Waals surface area contributed by atoms with Gasteiger partial charge < -0.3 is 9.84 Å². The molecule has 0 aromatic heterocycles. The molecule has 1 saturated carbocycles. The summed E-state index contributed by atoms with van der Waals surface area (Å²) < 4.78 is 5.38. The minimum absolute atomic E-state index is 0.198. The predicted molar refractivity (Wildman–Crippen MR) is 51.5 cm³/mol. The highest BCUT2D eigenvalue weighted by atomic mass is 16.5. The zero-order chi connectivity index (χ0) is 9.74. The molecule has 2 nitrogen and oxygen atoms in total. The fraction of sp³-hybridized carbons (Fsp3) is 1.00. The van der Waals surface area contributed by atoms with Crippen LogP contribution in [0.3, 0.4) is 0 Å². The second-order valence-electron chi connectivity index (χ2n) is 5.76. The van der Waals surface area contributed by atoms with E-state index in [-0.39, 0.29) is 16.2 Å². The van der Waals surface area contributed by atoms with E-state index in [2.05, 4.69) is 20.8 Å². The topological polar surface area (TPSA) is 29.5 Å². The van der Waals surface area contributed by atoms with E-state index in [1.807, 2.05) is 0 Å². The van der Waals surface area contributed by atoms with Crippen LogP contribution in [0.15, 0.2) is 0 Å². The lowest BCUT2D eigenvalue weighted by Crippen LogP contribution is -2.58. The molecule has 0 aromatic carbocycles. The third-order valence-electron chi connectivity index (χ3n) is 4.30. The Labute approximate surface area is 80.3 Å². The second-order valence-corrected chi connectivity index (χ2v) is 5.76. The molecule has 1 aliphatic heterocycles. The molecule has 1 aliphatic carbocycles. The first-order chi connectivity index (χ1) is 5.97. The summed E-state index contributed by atoms with van der Waals surface area (Å²) in [5.41, 5.74) is 0.697. The summed E-state index contributed by atoms with van der Waals surface area (Å²) in [6.45, 7) is 8.84. The number of hydrogen-bond acceptors (Lipinski definition) is 2. The lowest BCUT2D eigenvalue weighted by atomic mass is 9.56. The van der Waals surface area contributed by atoms with Crippen molar-refractivity contribution in [2.75, 3.05) is 19.8 Å². The van der Waals surface area contributed by atoms with Gasteiger partial charge in [-0.05, 0) is 18.3 Å². The summed E-state index contributed by atoms with van der Waals surface area (Å²) in [7, 11) is 0. The van der Waals surface area contributed by atoms with Crippen LogP contribution in [0.4, 0.5) is 0 Å². The van der Waals surface area contributed by atoms with Crippen LogP contribution in [0.2, 0.25) is 0 Å². The molecule has 2 fully saturated rings. The van der Waals surface area contributed by atoms with Gasteiger partial charge in [-0.25, -0.2) is 0 Å². The van der Waals surface area contributed by atoms with Crippen molar-refractivity contribution in [3.8, 4) is 0 Å². The third-order valence-corrected chi connectivity index (χ3v) is 4.30. The van der Waals surface area contributed by atoms with Crippen LogP contribution in [0.1, 0.15) is 33.6 Å². The zero-order valence-corrected chi connectivity index (χ0v) is 8.89. The van der Waals surface area contributed by atoms with Gasteiger partial charge in [0.2, 0.25) is 0 Å². The molecule has 0 spiro atoms. The largest absolute Gasteiger partial charge is 0.396 e. The van der Waals surface area contributed by atoms with Gasteiger partial charge in [0, 0.05) is 17.4 Å². The second kappa shape index (κ2) is 2.48. The highest BCUT2D eigenvalue weighted by Crippen LogP contribution is 2.67. The molecular weight excluding hydrogens is 164 g/mol. The van der Waals surface area contributed by atoms with Crippen LogP contribution in [-0.2, 0) is 4.74 Å². The molecule has 1 heterocycles. The molecule has 0 radical (unpaired) electrons. The maximum Gasteiger partial charge on any atom is 0.0556 e. The molecule has 2 heteroatoms. The maximum atomic E-state index is 9.46. The van der Waals surface area contributed by atoms with Gasteiger partial charge in [0.05, 0.1) is 13.2 Å². The van der Waals surface area contributed by atoms with E-state index in [0.717, 1.165) is 13.2 Å². The molecule has 0 unspecified atom stereocenters. The Morgan fingerprint density at radius 3 is 1.85 bits per heavy atom. The average molecular weight is 184 g/mol. The van der Waals surface area contributed by atoms with Crippen LogP contribution < -0.4 is 0 Å². The molecule has 13 heavy (non-hydrogen) atoms. The van der Waals surface area contributed by atoms with E-state index in [9.17, 15) is 5.11 Å². The summed E-state index contributed by atoms with van der Waals surface area (Å²) in [5.74, 6) is 0. The number of aliphatic hydroxyl groups is 1. The van der Waals surface area contributed by atoms with Gasteiger partial charge in [0.25, 0.3) is 0 Å². The van der Waals surface area contributed by atoms with Crippen molar-refractivity contribution in [3.05, 3.63) is 0 Å². The Bertz CT molecular complexity index is 207. The molecule has 76 valence electrons. The summed E-state index contributed by atoms with van der Waals surface area (Å²) in [4.78, 5) is 0. The van der Waals surface area contributed by atoms with Gasteiger partial charge in [-0.2, -0.15) is 0 Å². The highest BCUT2D eigenvalue weighted by molar-refractivity contribution is 5.14. The van der Waals surface area contributed by atoms with Crippen molar-refractivity contribution >= 4 is 0 Å². The third kappa shape index (κ3) is 1.02. The predicted octanol–water partition coefficient (Wildman–Crippen LogP) is 1.82. The van der Waals surface area contributed by atoms with E-state index >= 15 is 0 Å². The van der Waals surface area contributed by atoms with Gasteiger partial charge in [0.1, 0.15) is 0 Å². The molecule has 1 N–H and O–H groups in total. The van der Waals surface area contributed by atoms with E-state index < -0.39 is 0 Å². The van der Waals surface area contributed by atoms with Crippen molar-refractivity contribution in [1.82, 2.24) is 0 Å². The molecule has 0 bridgehead atoms. The molecule has 2 aliphatic rings. The lowest BCUT2D eigenvalue weighted by molar-refractivity contribution is -0.218. The van der Waals surface area contributed by atoms with Gasteiger partial charge in [-0.3, -0.25) is 0 Å². The molecule has 0 aromatic rings. The lowest BCUT2D eigenvalue weighted by Gasteiger charge is -2.56. The fourth-order valence-corrected chi connectivity index (χ4v) is 2.78. The first kappa shape index (κ1) is 9.47. The van der Waals surface area contributed by atoms with E-state index in [0.29, 0.717) is 6.61 Å². The van der Waals surface area contributed by atoms with E-state index in [4.69, 9.17) is 4.74 Å². The summed E-state index contributed by atoms with van der Waals surface area (Å²) >= 11 is 0. The van der Waals surface area contributed by atoms with E-state index in [1.54, 1.807) is 0 Å². The van der Waals surface area contributed by atoms with Crippen LogP contribution in [-0.4, -0.2) is 24.9 Å². The van der Waals surface area contributed by atoms with Crippen molar-refractivity contribution in [3.63, 3.8) is 0 Å². The average Bonchev–Trinajstić information content (AvgIpc) is 2.63. The molecule has 0 amide bonds. The van der Waals surface area contributed by atoms with Crippen LogP contribution in [0.25, 0.3) is 0 Å². The Morgan fingerprint density at radius 2 is 1.77 bits per heavy atom. The fourth-order valence-electron chi connectivity index (χ4n) is 2.78.